The van der Waals surface area contributed by atoms with Gasteiger partial charge in [-0.05, 0) is 18.4 Å². The van der Waals surface area contributed by atoms with E-state index in [0.717, 1.165) is 18.5 Å². The highest BCUT2D eigenvalue weighted by Crippen LogP contribution is 2.32. The third kappa shape index (κ3) is 2.73. The highest BCUT2D eigenvalue weighted by molar-refractivity contribution is 5.83. The topological polar surface area (TPSA) is 66.4 Å². The number of carbonyl (C=O) groups excluding carboxylic acids is 2. The van der Waals surface area contributed by atoms with Gasteiger partial charge in [-0.25, -0.2) is 9.97 Å². The SMILES string of the molecule is C=CCN1C(=O)CC2C1CCN2C(=O)CCc1cncnc1. The van der Waals surface area contributed by atoms with Gasteiger partial charge < -0.3 is 9.80 Å². The van der Waals surface area contributed by atoms with Crippen molar-refractivity contribution in [1.29, 1.82) is 0 Å². The van der Waals surface area contributed by atoms with E-state index in [1.165, 1.54) is 6.33 Å². The van der Waals surface area contributed by atoms with E-state index in [1.54, 1.807) is 18.5 Å². The molecule has 0 aliphatic carbocycles. The molecule has 0 N–H and O–H groups in total. The summed E-state index contributed by atoms with van der Waals surface area (Å²) in [5, 5.41) is 0. The quantitative estimate of drug-likeness (QED) is 0.754. The summed E-state index contributed by atoms with van der Waals surface area (Å²) in [6, 6.07) is 0.196. The van der Waals surface area contributed by atoms with Gasteiger partial charge in [0.2, 0.25) is 11.8 Å². The zero-order valence-corrected chi connectivity index (χ0v) is 12.5. The molecule has 0 radical (unpaired) electrons. The summed E-state index contributed by atoms with van der Waals surface area (Å²) in [7, 11) is 0. The fraction of sp³-hybridized carbons (Fsp3) is 0.500. The third-order valence-electron chi connectivity index (χ3n) is 4.50. The van der Waals surface area contributed by atoms with Gasteiger partial charge in [0.1, 0.15) is 6.33 Å². The molecule has 1 aromatic rings. The normalized spacial score (nSPS) is 23.7. The Kier molecular flexibility index (Phi) is 4.18. The monoisotopic (exact) mass is 300 g/mol. The number of amides is 2. The summed E-state index contributed by atoms with van der Waals surface area (Å²) in [6.07, 6.45) is 9.08. The molecule has 2 saturated heterocycles. The molecule has 0 aromatic carbocycles. The molecule has 3 heterocycles. The minimum Gasteiger partial charge on any atom is -0.337 e. The average Bonchev–Trinajstić information content (AvgIpc) is 3.06. The number of likely N-dealkylation sites (tertiary alicyclic amines) is 2. The molecule has 3 rings (SSSR count). The van der Waals surface area contributed by atoms with Gasteiger partial charge in [0.05, 0.1) is 12.1 Å². The van der Waals surface area contributed by atoms with Crippen LogP contribution in [0.5, 0.6) is 0 Å². The molecule has 2 aliphatic heterocycles. The van der Waals surface area contributed by atoms with Crippen molar-refractivity contribution in [1.82, 2.24) is 19.8 Å². The van der Waals surface area contributed by atoms with Crippen LogP contribution in [0.3, 0.4) is 0 Å². The number of hydrogen-bond acceptors (Lipinski definition) is 4. The number of nitrogens with zero attached hydrogens (tertiary/aromatic N) is 4. The lowest BCUT2D eigenvalue weighted by Crippen LogP contribution is -2.40. The first kappa shape index (κ1) is 14.7. The standard InChI is InChI=1S/C16H20N4O2/c1-2-6-19-13-5-7-20(14(13)8-16(19)22)15(21)4-3-12-9-17-11-18-10-12/h2,9-11,13-14H,1,3-8H2. The zero-order chi connectivity index (χ0) is 15.5. The Balaban J connectivity index is 1.60. The molecule has 0 saturated carbocycles. The number of hydrogen-bond donors (Lipinski definition) is 0. The van der Waals surface area contributed by atoms with Crippen LogP contribution >= 0.6 is 0 Å². The van der Waals surface area contributed by atoms with Gasteiger partial charge in [-0.2, -0.15) is 0 Å². The first-order valence-corrected chi connectivity index (χ1v) is 7.64. The van der Waals surface area contributed by atoms with Crippen molar-refractivity contribution in [2.24, 2.45) is 0 Å². The van der Waals surface area contributed by atoms with Crippen LogP contribution in [0.4, 0.5) is 0 Å². The van der Waals surface area contributed by atoms with Crippen LogP contribution in [0, 0.1) is 0 Å². The number of rotatable bonds is 5. The summed E-state index contributed by atoms with van der Waals surface area (Å²) in [4.78, 5) is 36.2. The number of carbonyl (C=O) groups is 2. The molecule has 2 unspecified atom stereocenters. The lowest BCUT2D eigenvalue weighted by molar-refractivity contribution is -0.132. The van der Waals surface area contributed by atoms with E-state index in [-0.39, 0.29) is 23.9 Å². The summed E-state index contributed by atoms with van der Waals surface area (Å²) in [5.74, 6) is 0.244. The summed E-state index contributed by atoms with van der Waals surface area (Å²) >= 11 is 0. The maximum atomic E-state index is 12.5. The largest absolute Gasteiger partial charge is 0.337 e. The van der Waals surface area contributed by atoms with Crippen LogP contribution in [-0.2, 0) is 16.0 Å². The lowest BCUT2D eigenvalue weighted by atomic mass is 10.1. The van der Waals surface area contributed by atoms with E-state index in [1.807, 2.05) is 9.80 Å². The molecule has 6 nitrogen and oxygen atoms in total. The molecule has 22 heavy (non-hydrogen) atoms. The maximum Gasteiger partial charge on any atom is 0.225 e. The van der Waals surface area contributed by atoms with Crippen LogP contribution in [-0.4, -0.2) is 56.8 Å². The van der Waals surface area contributed by atoms with Gasteiger partial charge in [-0.1, -0.05) is 6.08 Å². The molecular formula is C16H20N4O2. The lowest BCUT2D eigenvalue weighted by Gasteiger charge is -2.24. The van der Waals surface area contributed by atoms with Crippen LogP contribution in [0.2, 0.25) is 0 Å². The molecule has 2 aliphatic rings. The molecule has 0 spiro atoms. The second kappa shape index (κ2) is 6.25. The Bertz CT molecular complexity index is 575. The van der Waals surface area contributed by atoms with Crippen molar-refractivity contribution in [2.75, 3.05) is 13.1 Å². The predicted octanol–water partition coefficient (Wildman–Crippen LogP) is 0.797. The molecule has 0 bridgehead atoms. The van der Waals surface area contributed by atoms with Gasteiger partial charge in [0.15, 0.2) is 0 Å². The number of aromatic nitrogens is 2. The number of aryl methyl sites for hydroxylation is 1. The zero-order valence-electron chi connectivity index (χ0n) is 12.5. The van der Waals surface area contributed by atoms with Gasteiger partial charge in [-0.3, -0.25) is 9.59 Å². The molecule has 116 valence electrons. The van der Waals surface area contributed by atoms with Crippen LogP contribution in [0.25, 0.3) is 0 Å². The highest BCUT2D eigenvalue weighted by atomic mass is 16.2. The highest BCUT2D eigenvalue weighted by Gasteiger charge is 2.47. The van der Waals surface area contributed by atoms with E-state index in [4.69, 9.17) is 0 Å². The molecule has 6 heteroatoms. The Morgan fingerprint density at radius 2 is 2.14 bits per heavy atom. The Morgan fingerprint density at radius 3 is 2.86 bits per heavy atom. The smallest absolute Gasteiger partial charge is 0.225 e. The minimum atomic E-state index is 0.0342. The fourth-order valence-corrected chi connectivity index (χ4v) is 3.47. The van der Waals surface area contributed by atoms with Gasteiger partial charge in [0.25, 0.3) is 0 Å². The maximum absolute atomic E-state index is 12.5. The molecule has 2 atom stereocenters. The van der Waals surface area contributed by atoms with Crippen molar-refractivity contribution >= 4 is 11.8 Å². The minimum absolute atomic E-state index is 0.0342. The molecular weight excluding hydrogens is 280 g/mol. The Hall–Kier alpha value is -2.24. The summed E-state index contributed by atoms with van der Waals surface area (Å²) in [6.45, 7) is 5.01. The van der Waals surface area contributed by atoms with E-state index in [0.29, 0.717) is 25.8 Å². The summed E-state index contributed by atoms with van der Waals surface area (Å²) in [5.41, 5.74) is 0.961. The first-order chi connectivity index (χ1) is 10.7. The van der Waals surface area contributed by atoms with Crippen molar-refractivity contribution in [3.05, 3.63) is 36.9 Å². The van der Waals surface area contributed by atoms with Gasteiger partial charge in [0, 0.05) is 38.3 Å². The average molecular weight is 300 g/mol. The predicted molar refractivity (Wildman–Crippen MR) is 80.8 cm³/mol. The Morgan fingerprint density at radius 1 is 1.36 bits per heavy atom. The van der Waals surface area contributed by atoms with Crippen molar-refractivity contribution < 1.29 is 9.59 Å². The molecule has 2 amide bonds. The van der Waals surface area contributed by atoms with Crippen LogP contribution in [0.15, 0.2) is 31.4 Å². The van der Waals surface area contributed by atoms with Crippen molar-refractivity contribution in [3.8, 4) is 0 Å². The third-order valence-corrected chi connectivity index (χ3v) is 4.50. The van der Waals surface area contributed by atoms with E-state index < -0.39 is 0 Å². The van der Waals surface area contributed by atoms with E-state index in [9.17, 15) is 9.59 Å². The van der Waals surface area contributed by atoms with Gasteiger partial charge in [-0.15, -0.1) is 6.58 Å². The van der Waals surface area contributed by atoms with E-state index in [2.05, 4.69) is 16.5 Å². The van der Waals surface area contributed by atoms with E-state index >= 15 is 0 Å². The van der Waals surface area contributed by atoms with Crippen LogP contribution in [0.1, 0.15) is 24.8 Å². The van der Waals surface area contributed by atoms with Crippen molar-refractivity contribution in [2.45, 2.75) is 37.8 Å². The van der Waals surface area contributed by atoms with Gasteiger partial charge >= 0.3 is 0 Å². The fourth-order valence-electron chi connectivity index (χ4n) is 3.47. The Labute approximate surface area is 129 Å². The number of fused-ring (bicyclic) bond motifs is 1. The van der Waals surface area contributed by atoms with Crippen molar-refractivity contribution in [3.63, 3.8) is 0 Å². The van der Waals surface area contributed by atoms with Crippen LogP contribution < -0.4 is 0 Å². The molecule has 2 fully saturated rings. The summed E-state index contributed by atoms with van der Waals surface area (Å²) < 4.78 is 0. The first-order valence-electron chi connectivity index (χ1n) is 7.64. The second-order valence-electron chi connectivity index (χ2n) is 5.80. The second-order valence-corrected chi connectivity index (χ2v) is 5.80. The molecule has 1 aromatic heterocycles.